The second-order valence-electron chi connectivity index (χ2n) is 5.43. The van der Waals surface area contributed by atoms with Gasteiger partial charge in [0.1, 0.15) is 29.2 Å². The fourth-order valence-corrected chi connectivity index (χ4v) is 2.53. The second kappa shape index (κ2) is 7.12. The highest BCUT2D eigenvalue weighted by atomic mass is 19.1. The molecule has 3 aromatic rings. The number of nitrogens with zero attached hydrogens (tertiary/aromatic N) is 2. The van der Waals surface area contributed by atoms with Gasteiger partial charge in [-0.2, -0.15) is 0 Å². The summed E-state index contributed by atoms with van der Waals surface area (Å²) in [5, 5.41) is 6.52. The van der Waals surface area contributed by atoms with Crippen molar-refractivity contribution in [3.8, 4) is 5.75 Å². The Morgan fingerprint density at radius 1 is 1.24 bits per heavy atom. The first-order chi connectivity index (χ1) is 12.1. The van der Waals surface area contributed by atoms with Crippen LogP contribution in [0.2, 0.25) is 0 Å². The van der Waals surface area contributed by atoms with Crippen molar-refractivity contribution in [3.63, 3.8) is 0 Å². The van der Waals surface area contributed by atoms with E-state index >= 15 is 0 Å². The number of carbonyl (C=O) groups excluding carboxylic acids is 1. The lowest BCUT2D eigenvalue weighted by Gasteiger charge is -2.12. The Labute approximate surface area is 144 Å². The summed E-state index contributed by atoms with van der Waals surface area (Å²) in [5.74, 6) is 0.552. The molecule has 1 heterocycles. The lowest BCUT2D eigenvalue weighted by atomic mass is 10.1. The summed E-state index contributed by atoms with van der Waals surface area (Å²) in [7, 11) is 1.54. The minimum absolute atomic E-state index is 0.180. The number of methoxy groups -OCH3 is 1. The van der Waals surface area contributed by atoms with Crippen LogP contribution < -0.4 is 15.4 Å². The number of para-hydroxylation sites is 1. The average Bonchev–Trinajstić information content (AvgIpc) is 2.60. The van der Waals surface area contributed by atoms with Gasteiger partial charge in [0.25, 0.3) is 0 Å². The van der Waals surface area contributed by atoms with Gasteiger partial charge in [-0.3, -0.25) is 4.79 Å². The number of hydrogen-bond acceptors (Lipinski definition) is 5. The van der Waals surface area contributed by atoms with E-state index in [4.69, 9.17) is 4.74 Å². The normalized spacial score (nSPS) is 10.5. The third-order valence-corrected chi connectivity index (χ3v) is 3.65. The summed E-state index contributed by atoms with van der Waals surface area (Å²) in [5.41, 5.74) is 1.77. The molecule has 0 bridgehead atoms. The van der Waals surface area contributed by atoms with Gasteiger partial charge in [0.05, 0.1) is 12.8 Å². The molecule has 0 fully saturated rings. The highest BCUT2D eigenvalue weighted by molar-refractivity contribution is 5.91. The van der Waals surface area contributed by atoms with Gasteiger partial charge in [-0.15, -0.1) is 0 Å². The van der Waals surface area contributed by atoms with Crippen LogP contribution in [0.5, 0.6) is 5.75 Å². The molecule has 0 aliphatic rings. The SMILES string of the molecule is COc1ccc(CNc2ncnc3c(F)cccc23)cc1NC(C)=O. The standard InChI is InChI=1S/C18H17FN4O2/c1-11(24)23-15-8-12(6-7-16(15)25-2)9-20-18-13-4-3-5-14(19)17(13)21-10-22-18/h3-8,10H,9H2,1-2H3,(H,23,24)(H,20,21,22). The predicted molar refractivity (Wildman–Crippen MR) is 94.1 cm³/mol. The topological polar surface area (TPSA) is 76.1 Å². The molecular formula is C18H17FN4O2. The van der Waals surface area contributed by atoms with Gasteiger partial charge in [0.15, 0.2) is 0 Å². The van der Waals surface area contributed by atoms with E-state index in [0.717, 1.165) is 5.56 Å². The van der Waals surface area contributed by atoms with Crippen molar-refractivity contribution in [2.45, 2.75) is 13.5 Å². The van der Waals surface area contributed by atoms with Gasteiger partial charge < -0.3 is 15.4 Å². The molecule has 3 rings (SSSR count). The number of carbonyl (C=O) groups is 1. The molecule has 0 aliphatic heterocycles. The van der Waals surface area contributed by atoms with E-state index in [2.05, 4.69) is 20.6 Å². The number of benzene rings is 2. The number of anilines is 2. The second-order valence-corrected chi connectivity index (χ2v) is 5.43. The summed E-state index contributed by atoms with van der Waals surface area (Å²) >= 11 is 0. The lowest BCUT2D eigenvalue weighted by Crippen LogP contribution is -2.08. The number of nitrogens with one attached hydrogen (secondary N) is 2. The molecule has 128 valence electrons. The molecule has 2 N–H and O–H groups in total. The van der Waals surface area contributed by atoms with Crippen LogP contribution in [-0.2, 0) is 11.3 Å². The van der Waals surface area contributed by atoms with Gasteiger partial charge in [-0.1, -0.05) is 12.1 Å². The number of ether oxygens (including phenoxy) is 1. The smallest absolute Gasteiger partial charge is 0.221 e. The van der Waals surface area contributed by atoms with Crippen molar-refractivity contribution in [2.24, 2.45) is 0 Å². The predicted octanol–water partition coefficient (Wildman–Crippen LogP) is 3.35. The van der Waals surface area contributed by atoms with Crippen LogP contribution in [-0.4, -0.2) is 23.0 Å². The number of rotatable bonds is 5. The van der Waals surface area contributed by atoms with Crippen LogP contribution in [0, 0.1) is 5.82 Å². The molecule has 6 nitrogen and oxygen atoms in total. The average molecular weight is 340 g/mol. The zero-order valence-corrected chi connectivity index (χ0v) is 13.8. The first-order valence-corrected chi connectivity index (χ1v) is 7.66. The minimum Gasteiger partial charge on any atom is -0.495 e. The van der Waals surface area contributed by atoms with E-state index < -0.39 is 0 Å². The third kappa shape index (κ3) is 3.65. The largest absolute Gasteiger partial charge is 0.495 e. The first-order valence-electron chi connectivity index (χ1n) is 7.66. The number of amides is 1. The Morgan fingerprint density at radius 3 is 2.84 bits per heavy atom. The van der Waals surface area contributed by atoms with Crippen LogP contribution in [0.1, 0.15) is 12.5 Å². The van der Waals surface area contributed by atoms with Crippen LogP contribution in [0.3, 0.4) is 0 Å². The van der Waals surface area contributed by atoms with Crippen molar-refractivity contribution in [3.05, 3.63) is 54.1 Å². The molecule has 1 amide bonds. The van der Waals surface area contributed by atoms with E-state index in [1.165, 1.54) is 19.3 Å². The van der Waals surface area contributed by atoms with E-state index in [1.54, 1.807) is 25.3 Å². The van der Waals surface area contributed by atoms with Crippen LogP contribution in [0.25, 0.3) is 10.9 Å². The zero-order valence-electron chi connectivity index (χ0n) is 13.8. The van der Waals surface area contributed by atoms with Crippen LogP contribution in [0.4, 0.5) is 15.9 Å². The van der Waals surface area contributed by atoms with Crippen molar-refractivity contribution in [2.75, 3.05) is 17.7 Å². The molecule has 0 aliphatic carbocycles. The Hall–Kier alpha value is -3.22. The van der Waals surface area contributed by atoms with Crippen LogP contribution >= 0.6 is 0 Å². The third-order valence-electron chi connectivity index (χ3n) is 3.65. The maximum absolute atomic E-state index is 13.8. The van der Waals surface area contributed by atoms with E-state index in [0.29, 0.717) is 29.2 Å². The number of halogens is 1. The number of fused-ring (bicyclic) bond motifs is 1. The van der Waals surface area contributed by atoms with Gasteiger partial charge in [-0.05, 0) is 29.8 Å². The van der Waals surface area contributed by atoms with Crippen molar-refractivity contribution in [1.82, 2.24) is 9.97 Å². The lowest BCUT2D eigenvalue weighted by molar-refractivity contribution is -0.114. The van der Waals surface area contributed by atoms with Gasteiger partial charge >= 0.3 is 0 Å². The van der Waals surface area contributed by atoms with E-state index in [1.807, 2.05) is 12.1 Å². The molecule has 0 saturated heterocycles. The highest BCUT2D eigenvalue weighted by Crippen LogP contribution is 2.26. The molecule has 0 spiro atoms. The zero-order chi connectivity index (χ0) is 17.8. The van der Waals surface area contributed by atoms with E-state index in [-0.39, 0.29) is 17.2 Å². The minimum atomic E-state index is -0.389. The molecule has 1 aromatic heterocycles. The molecule has 25 heavy (non-hydrogen) atoms. The molecule has 0 atom stereocenters. The molecule has 2 aromatic carbocycles. The van der Waals surface area contributed by atoms with E-state index in [9.17, 15) is 9.18 Å². The summed E-state index contributed by atoms with van der Waals surface area (Å²) in [4.78, 5) is 19.5. The molecule has 0 radical (unpaired) electrons. The monoisotopic (exact) mass is 340 g/mol. The molecular weight excluding hydrogens is 323 g/mol. The molecule has 7 heteroatoms. The fraction of sp³-hybridized carbons (Fsp3) is 0.167. The fourth-order valence-electron chi connectivity index (χ4n) is 2.53. The van der Waals surface area contributed by atoms with Crippen molar-refractivity contribution < 1.29 is 13.9 Å². The van der Waals surface area contributed by atoms with Gasteiger partial charge in [0.2, 0.25) is 5.91 Å². The maximum Gasteiger partial charge on any atom is 0.221 e. The quantitative estimate of drug-likeness (QED) is 0.745. The molecule has 0 unspecified atom stereocenters. The van der Waals surface area contributed by atoms with Crippen LogP contribution in [0.15, 0.2) is 42.7 Å². The highest BCUT2D eigenvalue weighted by Gasteiger charge is 2.09. The van der Waals surface area contributed by atoms with Gasteiger partial charge in [0, 0.05) is 18.9 Å². The number of hydrogen-bond donors (Lipinski definition) is 2. The summed E-state index contributed by atoms with van der Waals surface area (Å²) in [6.45, 7) is 1.88. The maximum atomic E-state index is 13.8. The number of aromatic nitrogens is 2. The summed E-state index contributed by atoms with van der Waals surface area (Å²) in [6.07, 6.45) is 1.32. The van der Waals surface area contributed by atoms with Gasteiger partial charge in [-0.25, -0.2) is 14.4 Å². The van der Waals surface area contributed by atoms with Crippen molar-refractivity contribution >= 4 is 28.3 Å². The molecule has 0 saturated carbocycles. The summed E-state index contributed by atoms with van der Waals surface area (Å²) in [6, 6.07) is 10.2. The summed E-state index contributed by atoms with van der Waals surface area (Å²) < 4.78 is 19.1. The Morgan fingerprint density at radius 2 is 2.08 bits per heavy atom. The Bertz CT molecular complexity index is 930. The first kappa shape index (κ1) is 16.6. The Balaban J connectivity index is 1.85. The van der Waals surface area contributed by atoms with Crippen molar-refractivity contribution in [1.29, 1.82) is 0 Å². The Kier molecular flexibility index (Phi) is 4.74.